The van der Waals surface area contributed by atoms with Gasteiger partial charge in [-0.3, -0.25) is 9.59 Å². The van der Waals surface area contributed by atoms with Crippen LogP contribution in [0.2, 0.25) is 10.0 Å². The fourth-order valence-corrected chi connectivity index (χ4v) is 5.09. The quantitative estimate of drug-likeness (QED) is 0.673. The third-order valence-corrected chi connectivity index (χ3v) is 7.44. The average molecular weight is 488 g/mol. The van der Waals surface area contributed by atoms with Crippen molar-refractivity contribution < 1.29 is 22.4 Å². The van der Waals surface area contributed by atoms with Crippen molar-refractivity contribution in [2.75, 3.05) is 32.0 Å². The summed E-state index contributed by atoms with van der Waals surface area (Å²) in [4.78, 5) is 25.5. The second kappa shape index (κ2) is 9.52. The van der Waals surface area contributed by atoms with E-state index < -0.39 is 32.6 Å². The molecule has 1 aliphatic heterocycles. The summed E-state index contributed by atoms with van der Waals surface area (Å²) in [5, 5.41) is 3.19. The van der Waals surface area contributed by atoms with Crippen LogP contribution < -0.4 is 5.32 Å². The maximum Gasteiger partial charge on any atom is 0.254 e. The van der Waals surface area contributed by atoms with Crippen molar-refractivity contribution in [1.82, 2.24) is 9.21 Å². The summed E-state index contributed by atoms with van der Waals surface area (Å²) < 4.78 is 40.9. The topological polar surface area (TPSA) is 86.8 Å². The Morgan fingerprint density at radius 2 is 1.77 bits per heavy atom. The minimum Gasteiger partial charge on any atom is -0.332 e. The molecule has 1 fully saturated rings. The zero-order valence-electron chi connectivity index (χ0n) is 16.6. The highest BCUT2D eigenvalue weighted by Crippen LogP contribution is 2.26. The molecule has 0 radical (unpaired) electrons. The summed E-state index contributed by atoms with van der Waals surface area (Å²) in [5.41, 5.74) is 0.366. The zero-order valence-corrected chi connectivity index (χ0v) is 18.9. The zero-order chi connectivity index (χ0) is 22.8. The van der Waals surface area contributed by atoms with Gasteiger partial charge in [-0.15, -0.1) is 0 Å². The highest BCUT2D eigenvalue weighted by atomic mass is 35.5. The van der Waals surface area contributed by atoms with E-state index in [0.29, 0.717) is 36.6 Å². The number of benzene rings is 2. The van der Waals surface area contributed by atoms with Crippen LogP contribution in [0.1, 0.15) is 23.2 Å². The number of hydrogen-bond donors (Lipinski definition) is 1. The van der Waals surface area contributed by atoms with E-state index in [1.165, 1.54) is 29.6 Å². The van der Waals surface area contributed by atoms with Gasteiger partial charge < -0.3 is 10.2 Å². The summed E-state index contributed by atoms with van der Waals surface area (Å²) in [7, 11) is -2.65. The van der Waals surface area contributed by atoms with E-state index in [2.05, 4.69) is 5.32 Å². The SMILES string of the molecule is CN(CC(=O)Nc1ccc(Cl)c(Cl)c1)C(=O)c1ccc(F)c(S(=O)(=O)N2CCCC2)c1. The van der Waals surface area contributed by atoms with Gasteiger partial charge in [-0.05, 0) is 49.2 Å². The van der Waals surface area contributed by atoms with Crippen LogP contribution >= 0.6 is 23.2 Å². The Morgan fingerprint density at radius 3 is 2.42 bits per heavy atom. The minimum absolute atomic E-state index is 0.0380. The molecule has 1 heterocycles. The van der Waals surface area contributed by atoms with E-state index in [1.807, 2.05) is 0 Å². The molecule has 0 aromatic heterocycles. The molecule has 31 heavy (non-hydrogen) atoms. The second-order valence-corrected chi connectivity index (χ2v) is 9.82. The number of rotatable bonds is 6. The van der Waals surface area contributed by atoms with Crippen LogP contribution in [0, 0.1) is 5.82 Å². The molecule has 1 N–H and O–H groups in total. The number of anilines is 1. The van der Waals surface area contributed by atoms with Crippen molar-refractivity contribution in [2.24, 2.45) is 0 Å². The average Bonchev–Trinajstić information content (AvgIpc) is 3.26. The van der Waals surface area contributed by atoms with Gasteiger partial charge in [0.2, 0.25) is 15.9 Å². The third-order valence-electron chi connectivity index (χ3n) is 4.79. The molecule has 0 atom stereocenters. The molecule has 2 aromatic carbocycles. The van der Waals surface area contributed by atoms with Crippen molar-refractivity contribution >= 4 is 50.7 Å². The van der Waals surface area contributed by atoms with Crippen LogP contribution in [-0.2, 0) is 14.8 Å². The van der Waals surface area contributed by atoms with Crippen molar-refractivity contribution in [3.63, 3.8) is 0 Å². The summed E-state index contributed by atoms with van der Waals surface area (Å²) in [6.07, 6.45) is 1.41. The lowest BCUT2D eigenvalue weighted by Gasteiger charge is -2.19. The van der Waals surface area contributed by atoms with Gasteiger partial charge in [-0.25, -0.2) is 12.8 Å². The van der Waals surface area contributed by atoms with Gasteiger partial charge in [-0.2, -0.15) is 4.31 Å². The molecule has 1 saturated heterocycles. The number of nitrogens with one attached hydrogen (secondary N) is 1. The van der Waals surface area contributed by atoms with Gasteiger partial charge in [0.05, 0.1) is 16.6 Å². The van der Waals surface area contributed by atoms with E-state index in [4.69, 9.17) is 23.2 Å². The van der Waals surface area contributed by atoms with Gasteiger partial charge in [0, 0.05) is 31.4 Å². The smallest absolute Gasteiger partial charge is 0.254 e. The van der Waals surface area contributed by atoms with Crippen molar-refractivity contribution in [2.45, 2.75) is 17.7 Å². The molecule has 166 valence electrons. The van der Waals surface area contributed by atoms with Gasteiger partial charge >= 0.3 is 0 Å². The molecule has 0 spiro atoms. The standard InChI is InChI=1S/C20H20Cl2FN3O4S/c1-25(12-19(27)24-14-5-6-15(21)16(22)11-14)20(28)13-4-7-17(23)18(10-13)31(29,30)26-8-2-3-9-26/h4-7,10-11H,2-3,8-9,12H2,1H3,(H,24,27). The maximum absolute atomic E-state index is 14.3. The molecule has 2 amide bonds. The van der Waals surface area contributed by atoms with Crippen LogP contribution in [-0.4, -0.2) is 56.1 Å². The van der Waals surface area contributed by atoms with Crippen molar-refractivity contribution in [1.29, 1.82) is 0 Å². The minimum atomic E-state index is -4.04. The normalized spacial score (nSPS) is 14.5. The van der Waals surface area contributed by atoms with Crippen LogP contribution in [0.25, 0.3) is 0 Å². The Hall–Kier alpha value is -2.20. The summed E-state index contributed by atoms with van der Waals surface area (Å²) in [6, 6.07) is 7.70. The van der Waals surface area contributed by atoms with Crippen molar-refractivity contribution in [3.8, 4) is 0 Å². The molecule has 7 nitrogen and oxygen atoms in total. The Bertz CT molecular complexity index is 1120. The van der Waals surface area contributed by atoms with E-state index in [0.717, 1.165) is 17.0 Å². The van der Waals surface area contributed by atoms with Gasteiger partial charge in [0.25, 0.3) is 5.91 Å². The van der Waals surface area contributed by atoms with E-state index in [-0.39, 0.29) is 17.1 Å². The largest absolute Gasteiger partial charge is 0.332 e. The fourth-order valence-electron chi connectivity index (χ4n) is 3.18. The number of carbonyl (C=O) groups is 2. The monoisotopic (exact) mass is 487 g/mol. The number of likely N-dealkylation sites (N-methyl/N-ethyl adjacent to an activating group) is 1. The van der Waals surface area contributed by atoms with E-state index in [9.17, 15) is 22.4 Å². The van der Waals surface area contributed by atoms with Crippen LogP contribution in [0.15, 0.2) is 41.3 Å². The highest BCUT2D eigenvalue weighted by Gasteiger charge is 2.30. The third kappa shape index (κ3) is 5.35. The molecule has 0 unspecified atom stereocenters. The van der Waals surface area contributed by atoms with Gasteiger partial charge in [0.15, 0.2) is 0 Å². The number of nitrogens with zero attached hydrogens (tertiary/aromatic N) is 2. The predicted molar refractivity (Wildman–Crippen MR) is 116 cm³/mol. The molecule has 0 saturated carbocycles. The Morgan fingerprint density at radius 1 is 1.10 bits per heavy atom. The lowest BCUT2D eigenvalue weighted by atomic mass is 10.2. The lowest BCUT2D eigenvalue weighted by molar-refractivity contribution is -0.116. The Labute approximate surface area is 189 Å². The number of carbonyl (C=O) groups excluding carboxylic acids is 2. The Balaban J connectivity index is 1.73. The van der Waals surface area contributed by atoms with Crippen LogP contribution in [0.3, 0.4) is 0 Å². The predicted octanol–water partition coefficient (Wildman–Crippen LogP) is 3.63. The number of halogens is 3. The number of amides is 2. The van der Waals surface area contributed by atoms with Crippen LogP contribution in [0.5, 0.6) is 0 Å². The molecule has 2 aromatic rings. The van der Waals surface area contributed by atoms with E-state index >= 15 is 0 Å². The first-order valence-electron chi connectivity index (χ1n) is 9.39. The number of sulfonamides is 1. The summed E-state index contributed by atoms with van der Waals surface area (Å²) in [6.45, 7) is 0.314. The first-order chi connectivity index (χ1) is 14.6. The maximum atomic E-state index is 14.3. The molecule has 1 aliphatic rings. The summed E-state index contributed by atoms with van der Waals surface area (Å²) in [5.74, 6) is -2.05. The summed E-state index contributed by atoms with van der Waals surface area (Å²) >= 11 is 11.8. The Kier molecular flexibility index (Phi) is 7.20. The first-order valence-corrected chi connectivity index (χ1v) is 11.6. The van der Waals surface area contributed by atoms with E-state index in [1.54, 1.807) is 6.07 Å². The fraction of sp³-hybridized carbons (Fsp3) is 0.300. The molecule has 11 heteroatoms. The number of hydrogen-bond acceptors (Lipinski definition) is 4. The molecular weight excluding hydrogens is 468 g/mol. The molecule has 3 rings (SSSR count). The molecule has 0 bridgehead atoms. The van der Waals surface area contributed by atoms with Crippen molar-refractivity contribution in [3.05, 3.63) is 57.8 Å². The van der Waals surface area contributed by atoms with Gasteiger partial charge in [-0.1, -0.05) is 23.2 Å². The molecular formula is C20H20Cl2FN3O4S. The lowest BCUT2D eigenvalue weighted by Crippen LogP contribution is -2.35. The van der Waals surface area contributed by atoms with Crippen LogP contribution in [0.4, 0.5) is 10.1 Å². The van der Waals surface area contributed by atoms with Gasteiger partial charge in [0.1, 0.15) is 10.7 Å². The highest BCUT2D eigenvalue weighted by molar-refractivity contribution is 7.89. The molecule has 0 aliphatic carbocycles. The second-order valence-electron chi connectivity index (χ2n) is 7.09. The first kappa shape index (κ1) is 23.5.